The average molecular weight is 252 g/mol. The van der Waals surface area contributed by atoms with Gasteiger partial charge in [-0.2, -0.15) is 0 Å². The molecule has 2 rings (SSSR count). The van der Waals surface area contributed by atoms with Crippen LogP contribution in [0.15, 0.2) is 18.5 Å². The maximum Gasteiger partial charge on any atom is 0.328 e. The molecule has 0 aromatic carbocycles. The first-order valence-electron chi connectivity index (χ1n) is 5.35. The molecule has 0 bridgehead atoms. The molecule has 0 saturated carbocycles. The molecule has 1 aromatic heterocycles. The van der Waals surface area contributed by atoms with Crippen molar-refractivity contribution in [2.75, 3.05) is 19.8 Å². The smallest absolute Gasteiger partial charge is 0.328 e. The molecule has 1 unspecified atom stereocenters. The molecule has 2 heterocycles. The van der Waals surface area contributed by atoms with E-state index >= 15 is 0 Å². The van der Waals surface area contributed by atoms with E-state index in [1.165, 1.54) is 23.4 Å². The van der Waals surface area contributed by atoms with E-state index < -0.39 is 17.9 Å². The number of carboxylic acids is 1. The van der Waals surface area contributed by atoms with Gasteiger partial charge in [-0.3, -0.25) is 9.78 Å². The van der Waals surface area contributed by atoms with E-state index in [1.54, 1.807) is 0 Å². The highest BCUT2D eigenvalue weighted by Crippen LogP contribution is 2.15. The quantitative estimate of drug-likeness (QED) is 0.750. The summed E-state index contributed by atoms with van der Waals surface area (Å²) in [5.41, 5.74) is 0.156. The summed E-state index contributed by atoms with van der Waals surface area (Å²) in [4.78, 5) is 28.1. The molecular formula is C11H12N2O5. The third kappa shape index (κ3) is 2.40. The van der Waals surface area contributed by atoms with Crippen LogP contribution in [0.1, 0.15) is 10.4 Å². The molecule has 18 heavy (non-hydrogen) atoms. The van der Waals surface area contributed by atoms with Crippen molar-refractivity contribution in [3.05, 3.63) is 24.0 Å². The van der Waals surface area contributed by atoms with Crippen molar-refractivity contribution in [1.82, 2.24) is 9.88 Å². The van der Waals surface area contributed by atoms with Crippen molar-refractivity contribution in [1.29, 1.82) is 0 Å². The second-order valence-electron chi connectivity index (χ2n) is 3.86. The number of hydrogen-bond acceptors (Lipinski definition) is 5. The molecule has 0 aliphatic carbocycles. The number of aromatic hydroxyl groups is 1. The van der Waals surface area contributed by atoms with Gasteiger partial charge in [0.15, 0.2) is 6.04 Å². The number of morpholine rings is 1. The van der Waals surface area contributed by atoms with Gasteiger partial charge in [0.2, 0.25) is 0 Å². The van der Waals surface area contributed by atoms with Crippen LogP contribution in [-0.4, -0.2) is 57.8 Å². The van der Waals surface area contributed by atoms with E-state index in [0.717, 1.165) is 0 Å². The molecule has 7 heteroatoms. The molecule has 1 aliphatic rings. The number of carbonyl (C=O) groups is 2. The lowest BCUT2D eigenvalue weighted by molar-refractivity contribution is -0.147. The van der Waals surface area contributed by atoms with Gasteiger partial charge in [-0.15, -0.1) is 0 Å². The monoisotopic (exact) mass is 252 g/mol. The Morgan fingerprint density at radius 1 is 1.44 bits per heavy atom. The van der Waals surface area contributed by atoms with Gasteiger partial charge in [0.1, 0.15) is 5.75 Å². The number of aliphatic carboxylic acids is 1. The SMILES string of the molecule is O=C(O)C1COCCN1C(=O)c1cncc(O)c1. The summed E-state index contributed by atoms with van der Waals surface area (Å²) in [6, 6.07) is 0.248. The van der Waals surface area contributed by atoms with Gasteiger partial charge >= 0.3 is 5.97 Å². The van der Waals surface area contributed by atoms with Gasteiger partial charge < -0.3 is 19.8 Å². The van der Waals surface area contributed by atoms with Crippen LogP contribution in [0.25, 0.3) is 0 Å². The van der Waals surface area contributed by atoms with Crippen LogP contribution in [-0.2, 0) is 9.53 Å². The number of amides is 1. The highest BCUT2D eigenvalue weighted by Gasteiger charge is 2.33. The first-order chi connectivity index (χ1) is 8.59. The molecule has 1 aliphatic heterocycles. The van der Waals surface area contributed by atoms with Gasteiger partial charge in [-0.05, 0) is 6.07 Å². The number of rotatable bonds is 2. The van der Waals surface area contributed by atoms with E-state index in [9.17, 15) is 14.7 Å². The third-order valence-corrected chi connectivity index (χ3v) is 2.65. The fourth-order valence-corrected chi connectivity index (χ4v) is 1.76. The molecular weight excluding hydrogens is 240 g/mol. The lowest BCUT2D eigenvalue weighted by atomic mass is 10.1. The van der Waals surface area contributed by atoms with Crippen LogP contribution >= 0.6 is 0 Å². The molecule has 7 nitrogen and oxygen atoms in total. The van der Waals surface area contributed by atoms with Crippen molar-refractivity contribution >= 4 is 11.9 Å². The van der Waals surface area contributed by atoms with Gasteiger partial charge in [0, 0.05) is 12.7 Å². The maximum atomic E-state index is 12.1. The zero-order valence-electron chi connectivity index (χ0n) is 9.44. The Morgan fingerprint density at radius 3 is 2.89 bits per heavy atom. The molecule has 0 radical (unpaired) electrons. The Hall–Kier alpha value is -2.15. The van der Waals surface area contributed by atoms with Crippen LogP contribution in [0, 0.1) is 0 Å². The molecule has 1 atom stereocenters. The Bertz CT molecular complexity index is 476. The van der Waals surface area contributed by atoms with Crippen molar-refractivity contribution < 1.29 is 24.5 Å². The fourth-order valence-electron chi connectivity index (χ4n) is 1.76. The molecule has 0 spiro atoms. The van der Waals surface area contributed by atoms with Crippen LogP contribution < -0.4 is 0 Å². The zero-order valence-corrected chi connectivity index (χ0v) is 9.44. The number of nitrogens with zero attached hydrogens (tertiary/aromatic N) is 2. The van der Waals surface area contributed by atoms with Crippen LogP contribution in [0.5, 0.6) is 5.75 Å². The Labute approximate surface area is 103 Å². The van der Waals surface area contributed by atoms with Gasteiger partial charge in [0.25, 0.3) is 5.91 Å². The predicted molar refractivity (Wildman–Crippen MR) is 59.2 cm³/mol. The summed E-state index contributed by atoms with van der Waals surface area (Å²) in [6.45, 7) is 0.459. The minimum Gasteiger partial charge on any atom is -0.506 e. The van der Waals surface area contributed by atoms with E-state index in [2.05, 4.69) is 4.98 Å². The highest BCUT2D eigenvalue weighted by atomic mass is 16.5. The van der Waals surface area contributed by atoms with E-state index in [0.29, 0.717) is 6.61 Å². The lowest BCUT2D eigenvalue weighted by Crippen LogP contribution is -2.52. The molecule has 2 N–H and O–H groups in total. The van der Waals surface area contributed by atoms with Crippen LogP contribution in [0.2, 0.25) is 0 Å². The minimum absolute atomic E-state index is 0.0344. The normalized spacial score (nSPS) is 19.6. The summed E-state index contributed by atoms with van der Waals surface area (Å²) in [5.74, 6) is -1.73. The minimum atomic E-state index is -1.11. The van der Waals surface area contributed by atoms with Crippen molar-refractivity contribution in [3.63, 3.8) is 0 Å². The Balaban J connectivity index is 2.23. The van der Waals surface area contributed by atoms with Crippen LogP contribution in [0.4, 0.5) is 0 Å². The van der Waals surface area contributed by atoms with E-state index in [-0.39, 0.29) is 24.5 Å². The fraction of sp³-hybridized carbons (Fsp3) is 0.364. The number of hydrogen-bond donors (Lipinski definition) is 2. The Morgan fingerprint density at radius 2 is 2.22 bits per heavy atom. The van der Waals surface area contributed by atoms with Gasteiger partial charge in [0.05, 0.1) is 25.0 Å². The average Bonchev–Trinajstić information content (AvgIpc) is 2.38. The number of carboxylic acid groups (broad SMARTS) is 1. The first-order valence-corrected chi connectivity index (χ1v) is 5.35. The van der Waals surface area contributed by atoms with Crippen LogP contribution in [0.3, 0.4) is 0 Å². The van der Waals surface area contributed by atoms with E-state index in [4.69, 9.17) is 9.84 Å². The zero-order chi connectivity index (χ0) is 13.1. The molecule has 1 saturated heterocycles. The molecule has 1 aromatic rings. The summed E-state index contributed by atoms with van der Waals surface area (Å²) in [7, 11) is 0. The second-order valence-corrected chi connectivity index (χ2v) is 3.86. The van der Waals surface area contributed by atoms with Crippen molar-refractivity contribution in [2.45, 2.75) is 6.04 Å². The topological polar surface area (TPSA) is 100.0 Å². The number of ether oxygens (including phenoxy) is 1. The summed E-state index contributed by atoms with van der Waals surface area (Å²) < 4.78 is 5.04. The summed E-state index contributed by atoms with van der Waals surface area (Å²) in [6.07, 6.45) is 2.49. The third-order valence-electron chi connectivity index (χ3n) is 2.65. The number of aromatic nitrogens is 1. The predicted octanol–water partition coefficient (Wildman–Crippen LogP) is -0.287. The lowest BCUT2D eigenvalue weighted by Gasteiger charge is -2.32. The molecule has 96 valence electrons. The summed E-state index contributed by atoms with van der Waals surface area (Å²) in [5, 5.41) is 18.3. The largest absolute Gasteiger partial charge is 0.506 e. The maximum absolute atomic E-state index is 12.1. The van der Waals surface area contributed by atoms with Gasteiger partial charge in [-0.1, -0.05) is 0 Å². The highest BCUT2D eigenvalue weighted by molar-refractivity contribution is 5.96. The van der Waals surface area contributed by atoms with Crippen molar-refractivity contribution in [3.8, 4) is 5.75 Å². The van der Waals surface area contributed by atoms with Crippen molar-refractivity contribution in [2.24, 2.45) is 0 Å². The summed E-state index contributed by atoms with van der Waals surface area (Å²) >= 11 is 0. The second kappa shape index (κ2) is 5.01. The molecule has 1 fully saturated rings. The standard InChI is InChI=1S/C11H12N2O5/c14-8-3-7(4-12-5-8)10(15)13-1-2-18-6-9(13)11(16)17/h3-5,9,14H,1-2,6H2,(H,16,17). The first kappa shape index (κ1) is 12.3. The van der Waals surface area contributed by atoms with Gasteiger partial charge in [-0.25, -0.2) is 4.79 Å². The number of pyridine rings is 1. The Kier molecular flexibility index (Phi) is 3.42. The number of carbonyl (C=O) groups excluding carboxylic acids is 1. The molecule has 1 amide bonds. The van der Waals surface area contributed by atoms with E-state index in [1.807, 2.05) is 0 Å².